The van der Waals surface area contributed by atoms with E-state index >= 15 is 0 Å². The first kappa shape index (κ1) is 10.2. The van der Waals surface area contributed by atoms with Gasteiger partial charge in [0.2, 0.25) is 0 Å². The molecule has 0 bridgehead atoms. The van der Waals surface area contributed by atoms with E-state index in [0.29, 0.717) is 12.1 Å². The molecule has 0 aromatic heterocycles. The van der Waals surface area contributed by atoms with Crippen LogP contribution in [-0.2, 0) is 9.05 Å². The van der Waals surface area contributed by atoms with Crippen LogP contribution in [-0.4, -0.2) is 13.5 Å². The number of rotatable bonds is 1. The fourth-order valence-corrected chi connectivity index (χ4v) is 1.44. The molecule has 3 nitrogen and oxygen atoms in total. The second kappa shape index (κ2) is 3.12. The summed E-state index contributed by atoms with van der Waals surface area (Å²) in [7, 11) is 0.629. The first-order valence-corrected chi connectivity index (χ1v) is 5.26. The van der Waals surface area contributed by atoms with Gasteiger partial charge < -0.3 is 5.11 Å². The largest absolute Gasteiger partial charge is 0.503 e. The molecule has 1 aromatic carbocycles. The summed E-state index contributed by atoms with van der Waals surface area (Å²) >= 11 is 0. The van der Waals surface area contributed by atoms with Gasteiger partial charge in [0.15, 0.2) is 17.4 Å². The molecular formula is C6H3ClF2O3S. The van der Waals surface area contributed by atoms with E-state index in [1.165, 1.54) is 0 Å². The molecule has 0 unspecified atom stereocenters. The van der Waals surface area contributed by atoms with Gasteiger partial charge in [0.1, 0.15) is 0 Å². The lowest BCUT2D eigenvalue weighted by Crippen LogP contribution is -1.94. The second-order valence-corrected chi connectivity index (χ2v) is 4.74. The lowest BCUT2D eigenvalue weighted by molar-refractivity contribution is 0.394. The minimum Gasteiger partial charge on any atom is -0.503 e. The molecule has 7 heteroatoms. The molecule has 0 saturated carbocycles. The highest BCUT2D eigenvalue weighted by Crippen LogP contribution is 2.25. The number of hydrogen-bond donors (Lipinski definition) is 1. The molecule has 0 fully saturated rings. The van der Waals surface area contributed by atoms with Gasteiger partial charge in [-0.1, -0.05) is 0 Å². The number of benzene rings is 1. The molecule has 0 spiro atoms. The summed E-state index contributed by atoms with van der Waals surface area (Å²) in [6.07, 6.45) is 0. The Morgan fingerprint density at radius 3 is 1.92 bits per heavy atom. The zero-order valence-electron chi connectivity index (χ0n) is 5.96. The molecule has 0 heterocycles. The highest BCUT2D eigenvalue weighted by atomic mass is 35.7. The normalized spacial score (nSPS) is 11.6. The van der Waals surface area contributed by atoms with Crippen LogP contribution in [0.15, 0.2) is 17.0 Å². The molecule has 0 atom stereocenters. The third-order valence-electron chi connectivity index (χ3n) is 1.27. The molecule has 0 saturated heterocycles. The van der Waals surface area contributed by atoms with Crippen molar-refractivity contribution in [3.05, 3.63) is 23.8 Å². The summed E-state index contributed by atoms with van der Waals surface area (Å²) in [5, 5.41) is 8.61. The van der Waals surface area contributed by atoms with Gasteiger partial charge in [0, 0.05) is 10.7 Å². The molecule has 1 aromatic rings. The van der Waals surface area contributed by atoms with Gasteiger partial charge in [-0.05, 0) is 12.1 Å². The van der Waals surface area contributed by atoms with Gasteiger partial charge in [0.05, 0.1) is 4.90 Å². The van der Waals surface area contributed by atoms with Gasteiger partial charge in [-0.25, -0.2) is 17.2 Å². The minimum atomic E-state index is -4.18. The van der Waals surface area contributed by atoms with Crippen LogP contribution in [0.5, 0.6) is 5.75 Å². The van der Waals surface area contributed by atoms with Gasteiger partial charge >= 0.3 is 0 Å². The lowest BCUT2D eigenvalue weighted by atomic mass is 10.3. The van der Waals surface area contributed by atoms with Crippen LogP contribution in [0.2, 0.25) is 0 Å². The first-order valence-electron chi connectivity index (χ1n) is 2.95. The number of phenols is 1. The van der Waals surface area contributed by atoms with Crippen LogP contribution < -0.4 is 0 Å². The topological polar surface area (TPSA) is 54.4 Å². The average Bonchev–Trinajstić information content (AvgIpc) is 1.97. The van der Waals surface area contributed by atoms with Crippen LogP contribution in [0.25, 0.3) is 0 Å². The standard InChI is InChI=1S/C6H3ClF2O3S/c7-13(11,12)3-1-4(8)6(10)5(9)2-3/h1-2,10H. The van der Waals surface area contributed by atoms with Crippen molar-refractivity contribution in [1.29, 1.82) is 0 Å². The number of hydrogen-bond acceptors (Lipinski definition) is 3. The van der Waals surface area contributed by atoms with Crippen LogP contribution in [0, 0.1) is 11.6 Å². The Morgan fingerprint density at radius 2 is 1.62 bits per heavy atom. The molecule has 0 aliphatic heterocycles. The van der Waals surface area contributed by atoms with Gasteiger partial charge in [-0.2, -0.15) is 0 Å². The van der Waals surface area contributed by atoms with Crippen molar-refractivity contribution in [3.63, 3.8) is 0 Å². The Hall–Kier alpha value is -0.880. The van der Waals surface area contributed by atoms with Crippen LogP contribution in [0.3, 0.4) is 0 Å². The van der Waals surface area contributed by atoms with Crippen molar-refractivity contribution in [2.24, 2.45) is 0 Å². The maximum absolute atomic E-state index is 12.6. The Kier molecular flexibility index (Phi) is 2.44. The molecule has 1 N–H and O–H groups in total. The van der Waals surface area contributed by atoms with Crippen molar-refractivity contribution < 1.29 is 22.3 Å². The number of phenolic OH excluding ortho intramolecular Hbond substituents is 1. The van der Waals surface area contributed by atoms with Crippen molar-refractivity contribution in [2.75, 3.05) is 0 Å². The van der Waals surface area contributed by atoms with Gasteiger partial charge in [0.25, 0.3) is 9.05 Å². The third-order valence-corrected chi connectivity index (χ3v) is 2.61. The second-order valence-electron chi connectivity index (χ2n) is 2.17. The van der Waals surface area contributed by atoms with E-state index in [-0.39, 0.29) is 0 Å². The quantitative estimate of drug-likeness (QED) is 0.743. The van der Waals surface area contributed by atoms with Crippen molar-refractivity contribution in [3.8, 4) is 5.75 Å². The highest BCUT2D eigenvalue weighted by Gasteiger charge is 2.16. The number of halogens is 3. The van der Waals surface area contributed by atoms with E-state index in [0.717, 1.165) is 0 Å². The molecular weight excluding hydrogens is 226 g/mol. The van der Waals surface area contributed by atoms with Gasteiger partial charge in [-0.3, -0.25) is 0 Å². The van der Waals surface area contributed by atoms with Crippen molar-refractivity contribution >= 4 is 19.7 Å². The van der Waals surface area contributed by atoms with Crippen LogP contribution >= 0.6 is 10.7 Å². The molecule has 72 valence electrons. The molecule has 0 radical (unpaired) electrons. The van der Waals surface area contributed by atoms with E-state index in [4.69, 9.17) is 15.8 Å². The summed E-state index contributed by atoms with van der Waals surface area (Å²) in [6.45, 7) is 0. The Labute approximate surface area is 77.0 Å². The first-order chi connectivity index (χ1) is 5.82. The Bertz CT molecular complexity index is 420. The third kappa shape index (κ3) is 2.07. The maximum atomic E-state index is 12.6. The van der Waals surface area contributed by atoms with Crippen molar-refractivity contribution in [1.82, 2.24) is 0 Å². The van der Waals surface area contributed by atoms with E-state index in [1.807, 2.05) is 0 Å². The summed E-state index contributed by atoms with van der Waals surface area (Å²) < 4.78 is 46.3. The van der Waals surface area contributed by atoms with Gasteiger partial charge in [-0.15, -0.1) is 0 Å². The predicted molar refractivity (Wildman–Crippen MR) is 41.1 cm³/mol. The average molecular weight is 229 g/mol. The SMILES string of the molecule is O=S(=O)(Cl)c1cc(F)c(O)c(F)c1. The zero-order valence-corrected chi connectivity index (χ0v) is 7.53. The summed E-state index contributed by atoms with van der Waals surface area (Å²) in [4.78, 5) is -0.734. The monoisotopic (exact) mass is 228 g/mol. The smallest absolute Gasteiger partial charge is 0.261 e. The molecule has 0 amide bonds. The van der Waals surface area contributed by atoms with Crippen LogP contribution in [0.4, 0.5) is 8.78 Å². The van der Waals surface area contributed by atoms with E-state index < -0.39 is 31.3 Å². The maximum Gasteiger partial charge on any atom is 0.261 e. The molecule has 1 rings (SSSR count). The van der Waals surface area contributed by atoms with Crippen LogP contribution in [0.1, 0.15) is 0 Å². The lowest BCUT2D eigenvalue weighted by Gasteiger charge is -1.99. The highest BCUT2D eigenvalue weighted by molar-refractivity contribution is 8.13. The number of aromatic hydroxyl groups is 1. The Morgan fingerprint density at radius 1 is 1.23 bits per heavy atom. The van der Waals surface area contributed by atoms with E-state index in [2.05, 4.69) is 0 Å². The summed E-state index contributed by atoms with van der Waals surface area (Å²) in [6, 6.07) is 0.863. The summed E-state index contributed by atoms with van der Waals surface area (Å²) in [5.74, 6) is -3.98. The van der Waals surface area contributed by atoms with E-state index in [9.17, 15) is 17.2 Å². The molecule has 0 aliphatic carbocycles. The Balaban J connectivity index is 3.47. The minimum absolute atomic E-state index is 0.431. The fourth-order valence-electron chi connectivity index (χ4n) is 0.683. The summed E-state index contributed by atoms with van der Waals surface area (Å²) in [5.41, 5.74) is 0. The molecule has 0 aliphatic rings. The molecule has 13 heavy (non-hydrogen) atoms. The van der Waals surface area contributed by atoms with E-state index in [1.54, 1.807) is 0 Å². The van der Waals surface area contributed by atoms with Crippen molar-refractivity contribution in [2.45, 2.75) is 4.90 Å². The zero-order chi connectivity index (χ0) is 10.2. The fraction of sp³-hybridized carbons (Fsp3) is 0. The predicted octanol–water partition coefficient (Wildman–Crippen LogP) is 1.60.